The standard InChI is InChI=1S/C17H33N3/c1-2-3-4-5-6-7-8-9-10-11-12-17-19-14-16-20(17)15-13-18/h11-12H,2-10,13-16,18H2,1H3/b12-11+. The molecule has 1 heterocycles. The van der Waals surface area contributed by atoms with E-state index in [4.69, 9.17) is 5.73 Å². The molecule has 3 nitrogen and oxygen atoms in total. The molecule has 1 rings (SSSR count). The van der Waals surface area contributed by atoms with Gasteiger partial charge in [-0.3, -0.25) is 4.99 Å². The van der Waals surface area contributed by atoms with Gasteiger partial charge in [0.2, 0.25) is 0 Å². The SMILES string of the molecule is CCCCCCCCCC/C=C/C1=NCCN1CCN. The Balaban J connectivity index is 1.97. The summed E-state index contributed by atoms with van der Waals surface area (Å²) in [6, 6.07) is 0. The number of nitrogens with two attached hydrogens (primary N) is 1. The Hall–Kier alpha value is -0.830. The van der Waals surface area contributed by atoms with E-state index in [0.29, 0.717) is 6.54 Å². The first-order chi connectivity index (χ1) is 9.88. The van der Waals surface area contributed by atoms with Crippen LogP contribution in [0.5, 0.6) is 0 Å². The van der Waals surface area contributed by atoms with E-state index in [9.17, 15) is 0 Å². The maximum absolute atomic E-state index is 5.60. The van der Waals surface area contributed by atoms with Crippen LogP contribution in [0.1, 0.15) is 64.7 Å². The summed E-state index contributed by atoms with van der Waals surface area (Å²) in [6.07, 6.45) is 16.8. The highest BCUT2D eigenvalue weighted by atomic mass is 15.2. The molecule has 20 heavy (non-hydrogen) atoms. The van der Waals surface area contributed by atoms with Crippen molar-refractivity contribution in [3.63, 3.8) is 0 Å². The Kier molecular flexibility index (Phi) is 10.3. The van der Waals surface area contributed by atoms with Crippen LogP contribution in [0.4, 0.5) is 0 Å². The fourth-order valence-electron chi connectivity index (χ4n) is 2.62. The first-order valence-corrected chi connectivity index (χ1v) is 8.54. The molecule has 0 fully saturated rings. The third-order valence-corrected chi connectivity index (χ3v) is 3.86. The van der Waals surface area contributed by atoms with E-state index in [0.717, 1.165) is 25.5 Å². The van der Waals surface area contributed by atoms with Gasteiger partial charge in [-0.05, 0) is 18.9 Å². The van der Waals surface area contributed by atoms with Crippen LogP contribution in [0.3, 0.4) is 0 Å². The third kappa shape index (κ3) is 7.68. The molecule has 0 saturated carbocycles. The van der Waals surface area contributed by atoms with Crippen molar-refractivity contribution in [1.82, 2.24) is 4.90 Å². The molecule has 0 aromatic carbocycles. The lowest BCUT2D eigenvalue weighted by Gasteiger charge is -2.16. The minimum Gasteiger partial charge on any atom is -0.354 e. The fraction of sp³-hybridized carbons (Fsp3) is 0.824. The minimum absolute atomic E-state index is 0.713. The molecular formula is C17H33N3. The Morgan fingerprint density at radius 3 is 2.50 bits per heavy atom. The molecule has 0 aliphatic carbocycles. The van der Waals surface area contributed by atoms with Crippen LogP contribution in [0.25, 0.3) is 0 Å². The normalized spacial score (nSPS) is 15.3. The molecule has 116 valence electrons. The van der Waals surface area contributed by atoms with Crippen molar-refractivity contribution >= 4 is 5.84 Å². The summed E-state index contributed by atoms with van der Waals surface area (Å²) < 4.78 is 0. The predicted octanol–water partition coefficient (Wildman–Crippen LogP) is 3.75. The van der Waals surface area contributed by atoms with Gasteiger partial charge in [-0.15, -0.1) is 0 Å². The number of hydrogen-bond donors (Lipinski definition) is 1. The largest absolute Gasteiger partial charge is 0.354 e. The van der Waals surface area contributed by atoms with Crippen LogP contribution >= 0.6 is 0 Å². The number of allylic oxidation sites excluding steroid dienone is 1. The molecule has 0 amide bonds. The van der Waals surface area contributed by atoms with Gasteiger partial charge in [-0.25, -0.2) is 0 Å². The zero-order chi connectivity index (χ0) is 14.5. The van der Waals surface area contributed by atoms with Crippen molar-refractivity contribution < 1.29 is 0 Å². The zero-order valence-corrected chi connectivity index (χ0v) is 13.3. The van der Waals surface area contributed by atoms with Crippen molar-refractivity contribution in [3.8, 4) is 0 Å². The molecule has 0 aromatic heterocycles. The van der Waals surface area contributed by atoms with Crippen LogP contribution in [-0.2, 0) is 0 Å². The molecule has 1 aliphatic rings. The Morgan fingerprint density at radius 2 is 1.80 bits per heavy atom. The molecule has 2 N–H and O–H groups in total. The van der Waals surface area contributed by atoms with Gasteiger partial charge in [0.25, 0.3) is 0 Å². The van der Waals surface area contributed by atoms with Gasteiger partial charge in [0.05, 0.1) is 6.54 Å². The van der Waals surface area contributed by atoms with E-state index < -0.39 is 0 Å². The fourth-order valence-corrected chi connectivity index (χ4v) is 2.62. The van der Waals surface area contributed by atoms with Crippen LogP contribution in [0.15, 0.2) is 17.1 Å². The summed E-state index contributed by atoms with van der Waals surface area (Å²) in [5, 5.41) is 0. The van der Waals surface area contributed by atoms with Crippen molar-refractivity contribution in [2.45, 2.75) is 64.7 Å². The average Bonchev–Trinajstić information content (AvgIpc) is 2.89. The average molecular weight is 279 g/mol. The van der Waals surface area contributed by atoms with E-state index >= 15 is 0 Å². The van der Waals surface area contributed by atoms with Gasteiger partial charge < -0.3 is 10.6 Å². The Morgan fingerprint density at radius 1 is 1.10 bits per heavy atom. The van der Waals surface area contributed by atoms with Gasteiger partial charge in [-0.1, -0.05) is 57.9 Å². The maximum Gasteiger partial charge on any atom is 0.123 e. The summed E-state index contributed by atoms with van der Waals surface area (Å²) in [5.41, 5.74) is 5.60. The molecule has 0 spiro atoms. The van der Waals surface area contributed by atoms with Crippen LogP contribution in [0, 0.1) is 0 Å². The van der Waals surface area contributed by atoms with E-state index in [1.807, 2.05) is 0 Å². The van der Waals surface area contributed by atoms with Crippen molar-refractivity contribution in [2.75, 3.05) is 26.2 Å². The molecule has 3 heteroatoms. The highest BCUT2D eigenvalue weighted by molar-refractivity contribution is 5.94. The number of aliphatic imine (C=N–C) groups is 1. The second-order valence-electron chi connectivity index (χ2n) is 5.68. The predicted molar refractivity (Wildman–Crippen MR) is 89.3 cm³/mol. The van der Waals surface area contributed by atoms with E-state index in [-0.39, 0.29) is 0 Å². The number of nitrogens with zero attached hydrogens (tertiary/aromatic N) is 2. The summed E-state index contributed by atoms with van der Waals surface area (Å²) in [4.78, 5) is 6.79. The van der Waals surface area contributed by atoms with E-state index in [2.05, 4.69) is 29.0 Å². The molecule has 0 bridgehead atoms. The Labute approximate surface area is 125 Å². The van der Waals surface area contributed by atoms with E-state index in [1.54, 1.807) is 0 Å². The second-order valence-corrected chi connectivity index (χ2v) is 5.68. The van der Waals surface area contributed by atoms with E-state index in [1.165, 1.54) is 57.8 Å². The lowest BCUT2D eigenvalue weighted by atomic mass is 10.1. The molecule has 0 unspecified atom stereocenters. The van der Waals surface area contributed by atoms with Crippen molar-refractivity contribution in [3.05, 3.63) is 12.2 Å². The monoisotopic (exact) mass is 279 g/mol. The van der Waals surface area contributed by atoms with Crippen molar-refractivity contribution in [2.24, 2.45) is 10.7 Å². The first kappa shape index (κ1) is 17.2. The highest BCUT2D eigenvalue weighted by Gasteiger charge is 2.12. The molecule has 0 saturated heterocycles. The summed E-state index contributed by atoms with van der Waals surface area (Å²) >= 11 is 0. The molecule has 0 atom stereocenters. The minimum atomic E-state index is 0.713. The number of rotatable bonds is 12. The molecule has 0 aromatic rings. The quantitative estimate of drug-likeness (QED) is 0.553. The first-order valence-electron chi connectivity index (χ1n) is 8.54. The molecular weight excluding hydrogens is 246 g/mol. The summed E-state index contributed by atoms with van der Waals surface area (Å²) in [5.74, 6) is 1.13. The van der Waals surface area contributed by atoms with Crippen LogP contribution in [-0.4, -0.2) is 36.9 Å². The van der Waals surface area contributed by atoms with Crippen molar-refractivity contribution in [1.29, 1.82) is 0 Å². The second kappa shape index (κ2) is 12.0. The highest BCUT2D eigenvalue weighted by Crippen LogP contribution is 2.10. The number of unbranched alkanes of at least 4 members (excludes halogenated alkanes) is 8. The Bertz CT molecular complexity index is 284. The number of amidine groups is 1. The lowest BCUT2D eigenvalue weighted by Crippen LogP contribution is -2.31. The molecule has 1 aliphatic heterocycles. The van der Waals surface area contributed by atoms with Crippen LogP contribution in [0.2, 0.25) is 0 Å². The smallest absolute Gasteiger partial charge is 0.123 e. The van der Waals surface area contributed by atoms with Gasteiger partial charge in [0.15, 0.2) is 0 Å². The third-order valence-electron chi connectivity index (χ3n) is 3.86. The lowest BCUT2D eigenvalue weighted by molar-refractivity contribution is 0.469. The summed E-state index contributed by atoms with van der Waals surface area (Å²) in [6.45, 7) is 5.88. The van der Waals surface area contributed by atoms with Gasteiger partial charge in [0, 0.05) is 19.6 Å². The van der Waals surface area contributed by atoms with Gasteiger partial charge >= 0.3 is 0 Å². The maximum atomic E-state index is 5.60. The topological polar surface area (TPSA) is 41.6 Å². The van der Waals surface area contributed by atoms with Gasteiger partial charge in [0.1, 0.15) is 5.84 Å². The summed E-state index contributed by atoms with van der Waals surface area (Å²) in [7, 11) is 0. The molecule has 0 radical (unpaired) electrons. The zero-order valence-electron chi connectivity index (χ0n) is 13.3. The number of hydrogen-bond acceptors (Lipinski definition) is 3. The van der Waals surface area contributed by atoms with Crippen LogP contribution < -0.4 is 5.73 Å². The van der Waals surface area contributed by atoms with Gasteiger partial charge in [-0.2, -0.15) is 0 Å².